The van der Waals surface area contributed by atoms with E-state index in [1.165, 1.54) is 29.5 Å². The molecule has 0 fully saturated rings. The highest BCUT2D eigenvalue weighted by Gasteiger charge is 2.31. The average molecular weight is 257 g/mol. The van der Waals surface area contributed by atoms with Crippen LogP contribution in [0.15, 0.2) is 12.1 Å². The van der Waals surface area contributed by atoms with Gasteiger partial charge in [0.15, 0.2) is 5.78 Å². The van der Waals surface area contributed by atoms with Crippen molar-refractivity contribution < 1.29 is 4.79 Å². The fourth-order valence-electron chi connectivity index (χ4n) is 3.67. The van der Waals surface area contributed by atoms with Gasteiger partial charge in [-0.25, -0.2) is 0 Å². The summed E-state index contributed by atoms with van der Waals surface area (Å²) in [6, 6.07) is 4.48. The van der Waals surface area contributed by atoms with Crippen LogP contribution in [0, 0.1) is 5.92 Å². The number of carbonyl (C=O) groups is 1. The molecule has 2 heteroatoms. The van der Waals surface area contributed by atoms with E-state index in [0.29, 0.717) is 5.78 Å². The maximum Gasteiger partial charge on any atom is 0.167 e. The fraction of sp³-hybridized carbons (Fsp3) is 0.588. The Morgan fingerprint density at radius 2 is 1.84 bits per heavy atom. The standard InChI is InChI=1S/C17H23NO/c1-18(2)11-14-10-9-13-8-7-12-5-3-4-6-15(12)16(13)17(14)19/h7-8,14H,3-6,9-11H2,1-2H3. The van der Waals surface area contributed by atoms with Gasteiger partial charge in [0.2, 0.25) is 0 Å². The molecule has 3 rings (SSSR count). The highest BCUT2D eigenvalue weighted by Crippen LogP contribution is 2.33. The summed E-state index contributed by atoms with van der Waals surface area (Å²) in [6.45, 7) is 0.891. The van der Waals surface area contributed by atoms with Crippen molar-refractivity contribution in [2.24, 2.45) is 5.92 Å². The number of hydrogen-bond donors (Lipinski definition) is 0. The van der Waals surface area contributed by atoms with Crippen LogP contribution in [0.3, 0.4) is 0 Å². The third-order valence-corrected chi connectivity index (χ3v) is 4.58. The van der Waals surface area contributed by atoms with Gasteiger partial charge in [-0.3, -0.25) is 4.79 Å². The second-order valence-electron chi connectivity index (χ2n) is 6.31. The van der Waals surface area contributed by atoms with Gasteiger partial charge in [-0.05, 0) is 69.3 Å². The normalized spacial score (nSPS) is 22.3. The lowest BCUT2D eigenvalue weighted by molar-refractivity contribution is 0.0876. The highest BCUT2D eigenvalue weighted by molar-refractivity contribution is 6.02. The lowest BCUT2D eigenvalue weighted by Gasteiger charge is -2.29. The van der Waals surface area contributed by atoms with E-state index < -0.39 is 0 Å². The molecule has 0 amide bonds. The van der Waals surface area contributed by atoms with E-state index in [9.17, 15) is 4.79 Å². The minimum Gasteiger partial charge on any atom is -0.309 e. The lowest BCUT2D eigenvalue weighted by Crippen LogP contribution is -2.33. The number of Topliss-reactive ketones (excluding diaryl/α,β-unsaturated/α-hetero) is 1. The predicted molar refractivity (Wildman–Crippen MR) is 77.8 cm³/mol. The van der Waals surface area contributed by atoms with E-state index in [0.717, 1.165) is 37.8 Å². The monoisotopic (exact) mass is 257 g/mol. The maximum absolute atomic E-state index is 12.8. The topological polar surface area (TPSA) is 20.3 Å². The number of hydrogen-bond acceptors (Lipinski definition) is 2. The van der Waals surface area contributed by atoms with Gasteiger partial charge in [-0.1, -0.05) is 12.1 Å². The first-order chi connectivity index (χ1) is 9.16. The Morgan fingerprint density at radius 3 is 2.63 bits per heavy atom. The van der Waals surface area contributed by atoms with E-state index in [1.54, 1.807) is 0 Å². The van der Waals surface area contributed by atoms with Crippen molar-refractivity contribution in [1.82, 2.24) is 4.90 Å². The molecular formula is C17H23NO. The molecular weight excluding hydrogens is 234 g/mol. The molecule has 102 valence electrons. The number of ketones is 1. The Bertz CT molecular complexity index is 504. The fourth-order valence-corrected chi connectivity index (χ4v) is 3.67. The summed E-state index contributed by atoms with van der Waals surface area (Å²) in [5.41, 5.74) is 5.23. The predicted octanol–water partition coefficient (Wildman–Crippen LogP) is 2.87. The SMILES string of the molecule is CN(C)CC1CCc2ccc3c(c2C1=O)CCCC3. The van der Waals surface area contributed by atoms with Crippen LogP contribution in [-0.4, -0.2) is 31.3 Å². The van der Waals surface area contributed by atoms with Crippen molar-refractivity contribution >= 4 is 5.78 Å². The van der Waals surface area contributed by atoms with Crippen molar-refractivity contribution in [2.75, 3.05) is 20.6 Å². The average Bonchev–Trinajstić information content (AvgIpc) is 2.41. The van der Waals surface area contributed by atoms with E-state index in [-0.39, 0.29) is 5.92 Å². The zero-order chi connectivity index (χ0) is 13.4. The molecule has 0 saturated heterocycles. The molecule has 0 aliphatic heterocycles. The molecule has 0 radical (unpaired) electrons. The van der Waals surface area contributed by atoms with E-state index in [2.05, 4.69) is 31.1 Å². The Morgan fingerprint density at radius 1 is 1.11 bits per heavy atom. The molecule has 2 aliphatic rings. The number of nitrogens with zero attached hydrogens (tertiary/aromatic N) is 1. The third kappa shape index (κ3) is 2.34. The Kier molecular flexibility index (Phi) is 3.44. The summed E-state index contributed by atoms with van der Waals surface area (Å²) < 4.78 is 0. The summed E-state index contributed by atoms with van der Waals surface area (Å²) in [5.74, 6) is 0.615. The molecule has 2 nitrogen and oxygen atoms in total. The summed E-state index contributed by atoms with van der Waals surface area (Å²) in [4.78, 5) is 14.9. The second-order valence-corrected chi connectivity index (χ2v) is 6.31. The van der Waals surface area contributed by atoms with Crippen LogP contribution in [0.1, 0.15) is 46.3 Å². The number of rotatable bonds is 2. The largest absolute Gasteiger partial charge is 0.309 e. The number of fused-ring (bicyclic) bond motifs is 3. The van der Waals surface area contributed by atoms with Crippen LogP contribution >= 0.6 is 0 Å². The smallest absolute Gasteiger partial charge is 0.167 e. The maximum atomic E-state index is 12.8. The summed E-state index contributed by atoms with van der Waals surface area (Å²) in [7, 11) is 4.12. The minimum atomic E-state index is 0.205. The Balaban J connectivity index is 1.99. The Labute approximate surface area is 115 Å². The van der Waals surface area contributed by atoms with Crippen LogP contribution < -0.4 is 0 Å². The zero-order valence-corrected chi connectivity index (χ0v) is 12.0. The Hall–Kier alpha value is -1.15. The van der Waals surface area contributed by atoms with E-state index in [4.69, 9.17) is 0 Å². The van der Waals surface area contributed by atoms with Gasteiger partial charge in [0.1, 0.15) is 0 Å². The molecule has 0 spiro atoms. The van der Waals surface area contributed by atoms with Crippen molar-refractivity contribution in [1.29, 1.82) is 0 Å². The summed E-state index contributed by atoms with van der Waals surface area (Å²) in [6.07, 6.45) is 6.89. The summed E-state index contributed by atoms with van der Waals surface area (Å²) >= 11 is 0. The zero-order valence-electron chi connectivity index (χ0n) is 12.0. The molecule has 0 saturated carbocycles. The molecule has 1 atom stereocenters. The first-order valence-corrected chi connectivity index (χ1v) is 7.49. The molecule has 1 aromatic rings. The first kappa shape index (κ1) is 12.9. The van der Waals surface area contributed by atoms with Crippen LogP contribution in [0.2, 0.25) is 0 Å². The molecule has 2 aliphatic carbocycles. The number of carbonyl (C=O) groups excluding carboxylic acids is 1. The van der Waals surface area contributed by atoms with Gasteiger partial charge >= 0.3 is 0 Å². The highest BCUT2D eigenvalue weighted by atomic mass is 16.1. The van der Waals surface area contributed by atoms with Gasteiger partial charge in [0, 0.05) is 18.0 Å². The van der Waals surface area contributed by atoms with Crippen molar-refractivity contribution in [3.63, 3.8) is 0 Å². The molecule has 0 heterocycles. The first-order valence-electron chi connectivity index (χ1n) is 7.49. The second kappa shape index (κ2) is 5.09. The molecule has 0 aromatic heterocycles. The lowest BCUT2D eigenvalue weighted by atomic mass is 9.76. The molecule has 0 bridgehead atoms. The molecule has 0 N–H and O–H groups in total. The third-order valence-electron chi connectivity index (χ3n) is 4.58. The molecule has 19 heavy (non-hydrogen) atoms. The molecule has 1 aromatic carbocycles. The number of benzene rings is 1. The van der Waals surface area contributed by atoms with Crippen LogP contribution in [-0.2, 0) is 19.3 Å². The van der Waals surface area contributed by atoms with Crippen LogP contribution in [0.5, 0.6) is 0 Å². The quantitative estimate of drug-likeness (QED) is 0.812. The van der Waals surface area contributed by atoms with Gasteiger partial charge in [-0.2, -0.15) is 0 Å². The van der Waals surface area contributed by atoms with Gasteiger partial charge in [0.25, 0.3) is 0 Å². The van der Waals surface area contributed by atoms with Crippen LogP contribution in [0.4, 0.5) is 0 Å². The van der Waals surface area contributed by atoms with E-state index in [1.807, 2.05) is 0 Å². The molecule has 1 unspecified atom stereocenters. The number of aryl methyl sites for hydroxylation is 2. The van der Waals surface area contributed by atoms with Crippen LogP contribution in [0.25, 0.3) is 0 Å². The van der Waals surface area contributed by atoms with Gasteiger partial charge in [-0.15, -0.1) is 0 Å². The minimum absolute atomic E-state index is 0.205. The van der Waals surface area contributed by atoms with Gasteiger partial charge < -0.3 is 4.90 Å². The van der Waals surface area contributed by atoms with Crippen molar-refractivity contribution in [3.8, 4) is 0 Å². The summed E-state index contributed by atoms with van der Waals surface area (Å²) in [5, 5.41) is 0. The van der Waals surface area contributed by atoms with Gasteiger partial charge in [0.05, 0.1) is 0 Å². The van der Waals surface area contributed by atoms with Crippen molar-refractivity contribution in [3.05, 3.63) is 34.4 Å². The van der Waals surface area contributed by atoms with E-state index >= 15 is 0 Å². The van der Waals surface area contributed by atoms with Crippen molar-refractivity contribution in [2.45, 2.75) is 38.5 Å².